The van der Waals surface area contributed by atoms with E-state index < -0.39 is 0 Å². The van der Waals surface area contributed by atoms with Crippen molar-refractivity contribution >= 4 is 6.09 Å². The monoisotopic (exact) mass is 287 g/mol. The van der Waals surface area contributed by atoms with E-state index in [9.17, 15) is 4.79 Å². The normalized spacial score (nSPS) is 12.4. The van der Waals surface area contributed by atoms with E-state index in [0.717, 1.165) is 19.4 Å². The molecule has 0 bridgehead atoms. The molecule has 0 aliphatic rings. The van der Waals surface area contributed by atoms with Crippen LogP contribution in [0.3, 0.4) is 0 Å². The molecule has 1 atom stereocenters. The van der Waals surface area contributed by atoms with Crippen LogP contribution in [-0.2, 0) is 4.74 Å². The van der Waals surface area contributed by atoms with Crippen LogP contribution in [0.25, 0.3) is 0 Å². The molecule has 3 N–H and O–H groups in total. The van der Waals surface area contributed by atoms with Crippen molar-refractivity contribution in [3.63, 3.8) is 0 Å². The average molecular weight is 287 g/mol. The third kappa shape index (κ3) is 11.1. The van der Waals surface area contributed by atoms with Gasteiger partial charge in [-0.1, -0.05) is 33.1 Å². The molecule has 5 nitrogen and oxygen atoms in total. The molecule has 0 rings (SSSR count). The summed E-state index contributed by atoms with van der Waals surface area (Å²) in [5, 5.41) is 9.09. The second-order valence-electron chi connectivity index (χ2n) is 5.54. The number of hydrogen-bond acceptors (Lipinski definition) is 4. The van der Waals surface area contributed by atoms with Gasteiger partial charge in [-0.3, -0.25) is 0 Å². The number of ether oxygens (including phenoxy) is 1. The summed E-state index contributed by atoms with van der Waals surface area (Å²) in [4.78, 5) is 11.5. The lowest BCUT2D eigenvalue weighted by molar-refractivity contribution is 0.126. The minimum Gasteiger partial charge on any atom is -0.448 e. The zero-order chi connectivity index (χ0) is 15.2. The molecule has 0 unspecified atom stereocenters. The second-order valence-corrected chi connectivity index (χ2v) is 5.54. The van der Waals surface area contributed by atoms with Gasteiger partial charge in [0.1, 0.15) is 6.61 Å². The van der Waals surface area contributed by atoms with Crippen molar-refractivity contribution in [2.24, 2.45) is 5.92 Å². The highest BCUT2D eigenvalue weighted by molar-refractivity contribution is 5.67. The number of rotatable bonds is 12. The molecule has 20 heavy (non-hydrogen) atoms. The fourth-order valence-corrected chi connectivity index (χ4v) is 1.97. The van der Waals surface area contributed by atoms with E-state index in [-0.39, 0.29) is 12.1 Å². The first kappa shape index (κ1) is 19.2. The number of nitrogens with one attached hydrogen (secondary N) is 3. The Hall–Kier alpha value is -0.810. The van der Waals surface area contributed by atoms with E-state index >= 15 is 0 Å². The number of alkyl carbamates (subject to hydrolysis) is 1. The van der Waals surface area contributed by atoms with E-state index in [1.54, 1.807) is 0 Å². The van der Waals surface area contributed by atoms with Crippen molar-refractivity contribution in [3.05, 3.63) is 0 Å². The Morgan fingerprint density at radius 3 is 2.15 bits per heavy atom. The lowest BCUT2D eigenvalue weighted by Gasteiger charge is -2.19. The number of amides is 1. The first-order valence-corrected chi connectivity index (χ1v) is 7.84. The number of likely N-dealkylation sites (N-methyl/N-ethyl adjacent to an activating group) is 1. The van der Waals surface area contributed by atoms with Crippen LogP contribution in [-0.4, -0.2) is 45.9 Å². The zero-order valence-electron chi connectivity index (χ0n) is 13.6. The molecule has 0 aromatic heterocycles. The molecular formula is C15H33N3O2. The molecule has 0 aliphatic carbocycles. The highest BCUT2D eigenvalue weighted by Crippen LogP contribution is 2.02. The molecule has 0 aromatic carbocycles. The van der Waals surface area contributed by atoms with Crippen LogP contribution in [0.4, 0.5) is 4.79 Å². The highest BCUT2D eigenvalue weighted by Gasteiger charge is 2.13. The second kappa shape index (κ2) is 13.2. The number of carbonyl (C=O) groups excluding carboxylic acids is 1. The lowest BCUT2D eigenvalue weighted by atomic mass is 10.1. The van der Waals surface area contributed by atoms with E-state index in [1.807, 2.05) is 14.1 Å². The Labute approximate surface area is 124 Å². The number of unbranched alkanes of at least 4 members (excludes halogenated alkanes) is 4. The van der Waals surface area contributed by atoms with Crippen molar-refractivity contribution in [1.82, 2.24) is 16.0 Å². The summed E-state index contributed by atoms with van der Waals surface area (Å²) in [6.07, 6.45) is 5.59. The van der Waals surface area contributed by atoms with E-state index in [0.29, 0.717) is 19.1 Å². The molecule has 1 amide bonds. The Bertz CT molecular complexity index is 235. The maximum atomic E-state index is 11.5. The van der Waals surface area contributed by atoms with Crippen LogP contribution in [0.1, 0.15) is 46.0 Å². The summed E-state index contributed by atoms with van der Waals surface area (Å²) in [6, 6.07) is 0.216. The van der Waals surface area contributed by atoms with Gasteiger partial charge in [-0.2, -0.15) is 0 Å². The Morgan fingerprint density at radius 2 is 1.60 bits per heavy atom. The van der Waals surface area contributed by atoms with Crippen molar-refractivity contribution < 1.29 is 9.53 Å². The fraction of sp³-hybridized carbons (Fsp3) is 0.933. The minimum atomic E-state index is -0.305. The maximum absolute atomic E-state index is 11.5. The molecule has 0 heterocycles. The van der Waals surface area contributed by atoms with Gasteiger partial charge in [0.25, 0.3) is 0 Å². The predicted octanol–water partition coefficient (Wildman–Crippen LogP) is 2.13. The van der Waals surface area contributed by atoms with Crippen LogP contribution in [0.15, 0.2) is 0 Å². The van der Waals surface area contributed by atoms with Crippen molar-refractivity contribution in [1.29, 1.82) is 0 Å². The summed E-state index contributed by atoms with van der Waals surface area (Å²) in [6.45, 7) is 6.43. The largest absolute Gasteiger partial charge is 0.448 e. The molecular weight excluding hydrogens is 254 g/mol. The van der Waals surface area contributed by atoms with Gasteiger partial charge < -0.3 is 20.7 Å². The summed E-state index contributed by atoms with van der Waals surface area (Å²) in [5.74, 6) is 0.449. The molecule has 0 aromatic rings. The molecule has 0 saturated heterocycles. The molecule has 0 spiro atoms. The van der Waals surface area contributed by atoms with Gasteiger partial charge in [-0.25, -0.2) is 4.79 Å². The van der Waals surface area contributed by atoms with Crippen LogP contribution < -0.4 is 16.0 Å². The fourth-order valence-electron chi connectivity index (χ4n) is 1.97. The molecule has 0 fully saturated rings. The number of hydrogen-bond donors (Lipinski definition) is 3. The van der Waals surface area contributed by atoms with Crippen molar-refractivity contribution in [3.8, 4) is 0 Å². The van der Waals surface area contributed by atoms with Crippen LogP contribution in [0, 0.1) is 5.92 Å². The zero-order valence-corrected chi connectivity index (χ0v) is 13.6. The van der Waals surface area contributed by atoms with Gasteiger partial charge in [0.15, 0.2) is 0 Å². The van der Waals surface area contributed by atoms with Crippen LogP contribution in [0.5, 0.6) is 0 Å². The van der Waals surface area contributed by atoms with Gasteiger partial charge in [0.05, 0.1) is 0 Å². The standard InChI is InChI=1S/C15H33N3O2/c1-13(2)14(17-4)12-20-15(19)18-11-9-7-5-6-8-10-16-3/h13-14,16-17H,5-12H2,1-4H3,(H,18,19)/t14-/m0/s1. The summed E-state index contributed by atoms with van der Waals surface area (Å²) in [7, 11) is 3.87. The van der Waals surface area contributed by atoms with Gasteiger partial charge in [0, 0.05) is 12.6 Å². The molecule has 120 valence electrons. The average Bonchev–Trinajstić information content (AvgIpc) is 2.42. The quantitative estimate of drug-likeness (QED) is 0.481. The lowest BCUT2D eigenvalue weighted by Crippen LogP contribution is -2.38. The first-order valence-electron chi connectivity index (χ1n) is 7.84. The molecule has 0 aliphatic heterocycles. The summed E-state index contributed by atoms with van der Waals surface area (Å²) >= 11 is 0. The van der Waals surface area contributed by atoms with Crippen LogP contribution >= 0.6 is 0 Å². The third-order valence-corrected chi connectivity index (χ3v) is 3.44. The SMILES string of the molecule is CNCCCCCCCNC(=O)OC[C@H](NC)C(C)C. The Kier molecular flexibility index (Phi) is 12.7. The molecule has 5 heteroatoms. The van der Waals surface area contributed by atoms with E-state index in [1.165, 1.54) is 19.3 Å². The van der Waals surface area contributed by atoms with Gasteiger partial charge in [-0.05, 0) is 39.4 Å². The minimum absolute atomic E-state index is 0.216. The summed E-state index contributed by atoms with van der Waals surface area (Å²) in [5.41, 5.74) is 0. The van der Waals surface area contributed by atoms with Crippen molar-refractivity contribution in [2.75, 3.05) is 33.8 Å². The Balaban J connectivity index is 3.41. The highest BCUT2D eigenvalue weighted by atomic mass is 16.5. The molecule has 0 saturated carbocycles. The van der Waals surface area contributed by atoms with Crippen LogP contribution in [0.2, 0.25) is 0 Å². The summed E-state index contributed by atoms with van der Waals surface area (Å²) < 4.78 is 5.20. The Morgan fingerprint density at radius 1 is 1.00 bits per heavy atom. The maximum Gasteiger partial charge on any atom is 0.407 e. The topological polar surface area (TPSA) is 62.4 Å². The van der Waals surface area contributed by atoms with Gasteiger partial charge in [-0.15, -0.1) is 0 Å². The number of carbonyl (C=O) groups is 1. The van der Waals surface area contributed by atoms with Crippen molar-refractivity contribution in [2.45, 2.75) is 52.0 Å². The predicted molar refractivity (Wildman–Crippen MR) is 84.0 cm³/mol. The van der Waals surface area contributed by atoms with E-state index in [4.69, 9.17) is 4.74 Å². The third-order valence-electron chi connectivity index (χ3n) is 3.44. The molecule has 0 radical (unpaired) electrons. The smallest absolute Gasteiger partial charge is 0.407 e. The van der Waals surface area contributed by atoms with E-state index in [2.05, 4.69) is 29.8 Å². The van der Waals surface area contributed by atoms with Gasteiger partial charge >= 0.3 is 6.09 Å². The van der Waals surface area contributed by atoms with Gasteiger partial charge in [0.2, 0.25) is 0 Å². The first-order chi connectivity index (χ1) is 9.61.